The average molecular weight is 214 g/mol. The molecule has 0 atom stereocenters. The summed E-state index contributed by atoms with van der Waals surface area (Å²) < 4.78 is 0. The number of rotatable bonds is 2. The largest absolute Gasteiger partial charge is 0.341 e. The molecule has 0 saturated carbocycles. The lowest BCUT2D eigenvalue weighted by Crippen LogP contribution is -2.05. The zero-order chi connectivity index (χ0) is 9.68. The van der Waals surface area contributed by atoms with E-state index in [-0.39, 0.29) is 0 Å². The Morgan fingerprint density at radius 1 is 1.31 bits per heavy atom. The van der Waals surface area contributed by atoms with Crippen molar-refractivity contribution < 1.29 is 0 Å². The first-order valence-corrected chi connectivity index (χ1v) is 4.59. The van der Waals surface area contributed by atoms with Crippen LogP contribution in [0.1, 0.15) is 12.5 Å². The molecule has 0 aliphatic carbocycles. The van der Waals surface area contributed by atoms with Gasteiger partial charge in [-0.2, -0.15) is 0 Å². The number of hydrogen-bond acceptors (Lipinski definition) is 1. The Morgan fingerprint density at radius 2 is 1.92 bits per heavy atom. The van der Waals surface area contributed by atoms with E-state index in [1.54, 1.807) is 6.92 Å². The summed E-state index contributed by atoms with van der Waals surface area (Å²) in [4.78, 5) is 0. The lowest BCUT2D eigenvalue weighted by atomic mass is 10.2. The normalized spacial score (nSPS) is 8.85. The summed E-state index contributed by atoms with van der Waals surface area (Å²) >= 11 is 11.9. The van der Waals surface area contributed by atoms with E-state index in [1.165, 1.54) is 0 Å². The maximum Gasteiger partial charge on any atom is 0.0509 e. The van der Waals surface area contributed by atoms with Crippen LogP contribution in [0.5, 0.6) is 0 Å². The minimum absolute atomic E-state index is 0.569. The molecule has 13 heavy (non-hydrogen) atoms. The fraction of sp³-hybridized carbons (Fsp3) is 0.200. The SMILES string of the molecule is CC#CNCc1c(Cl)cccc1Cl. The van der Waals surface area contributed by atoms with Crippen LogP contribution in [0.15, 0.2) is 18.2 Å². The molecule has 1 N–H and O–H groups in total. The quantitative estimate of drug-likeness (QED) is 0.589. The maximum atomic E-state index is 5.94. The van der Waals surface area contributed by atoms with Crippen molar-refractivity contribution in [2.75, 3.05) is 0 Å². The van der Waals surface area contributed by atoms with Crippen molar-refractivity contribution in [1.82, 2.24) is 5.32 Å². The average Bonchev–Trinajstić information content (AvgIpc) is 2.10. The Labute approximate surface area is 88.0 Å². The Morgan fingerprint density at radius 3 is 2.46 bits per heavy atom. The summed E-state index contributed by atoms with van der Waals surface area (Å²) in [6, 6.07) is 8.17. The van der Waals surface area contributed by atoms with Crippen LogP contribution in [0.4, 0.5) is 0 Å². The lowest BCUT2D eigenvalue weighted by molar-refractivity contribution is 0.900. The minimum atomic E-state index is 0.569. The third-order valence-corrected chi connectivity index (χ3v) is 2.25. The van der Waals surface area contributed by atoms with Gasteiger partial charge in [0.2, 0.25) is 0 Å². The molecule has 0 unspecified atom stereocenters. The standard InChI is InChI=1S/C10H9Cl2N/c1-2-6-13-7-8-9(11)4-3-5-10(8)12/h3-5,13H,7H2,1H3. The first-order chi connectivity index (χ1) is 6.25. The summed E-state index contributed by atoms with van der Waals surface area (Å²) in [5.74, 6) is 2.73. The highest BCUT2D eigenvalue weighted by atomic mass is 35.5. The molecule has 0 spiro atoms. The van der Waals surface area contributed by atoms with E-state index in [1.807, 2.05) is 18.2 Å². The summed E-state index contributed by atoms with van der Waals surface area (Å²) in [6.45, 7) is 2.33. The van der Waals surface area contributed by atoms with Crippen molar-refractivity contribution in [2.45, 2.75) is 13.5 Å². The molecule has 68 valence electrons. The number of hydrogen-bond donors (Lipinski definition) is 1. The van der Waals surface area contributed by atoms with Crippen LogP contribution < -0.4 is 5.32 Å². The van der Waals surface area contributed by atoms with Crippen molar-refractivity contribution in [3.05, 3.63) is 33.8 Å². The van der Waals surface area contributed by atoms with Gasteiger partial charge in [-0.05, 0) is 19.1 Å². The van der Waals surface area contributed by atoms with Gasteiger partial charge >= 0.3 is 0 Å². The summed E-state index contributed by atoms with van der Waals surface area (Å²) in [5, 5.41) is 4.23. The highest BCUT2D eigenvalue weighted by Crippen LogP contribution is 2.23. The third-order valence-electron chi connectivity index (χ3n) is 1.54. The molecule has 0 aromatic heterocycles. The molecule has 0 radical (unpaired) electrons. The van der Waals surface area contributed by atoms with Gasteiger partial charge in [0.05, 0.1) is 6.54 Å². The zero-order valence-corrected chi connectivity index (χ0v) is 8.71. The molecule has 0 heterocycles. The highest BCUT2D eigenvalue weighted by molar-refractivity contribution is 6.35. The molecule has 0 aliphatic heterocycles. The second-order valence-electron chi connectivity index (χ2n) is 2.43. The molecule has 0 amide bonds. The molecular weight excluding hydrogens is 205 g/mol. The van der Waals surface area contributed by atoms with Crippen LogP contribution in [-0.2, 0) is 6.54 Å². The monoisotopic (exact) mass is 213 g/mol. The predicted octanol–water partition coefficient (Wildman–Crippen LogP) is 3.06. The van der Waals surface area contributed by atoms with E-state index in [4.69, 9.17) is 23.2 Å². The van der Waals surface area contributed by atoms with Gasteiger partial charge in [-0.1, -0.05) is 35.2 Å². The van der Waals surface area contributed by atoms with Crippen LogP contribution in [0.25, 0.3) is 0 Å². The molecule has 0 aliphatic rings. The summed E-state index contributed by atoms with van der Waals surface area (Å²) in [6.07, 6.45) is 0. The molecule has 0 bridgehead atoms. The van der Waals surface area contributed by atoms with Crippen LogP contribution >= 0.6 is 23.2 Å². The second kappa shape index (κ2) is 5.01. The Kier molecular flexibility index (Phi) is 3.95. The van der Waals surface area contributed by atoms with E-state index in [2.05, 4.69) is 17.3 Å². The van der Waals surface area contributed by atoms with Crippen molar-refractivity contribution in [3.8, 4) is 12.0 Å². The van der Waals surface area contributed by atoms with Crippen molar-refractivity contribution in [2.24, 2.45) is 0 Å². The molecule has 3 heteroatoms. The van der Waals surface area contributed by atoms with Gasteiger partial charge in [0.25, 0.3) is 0 Å². The first kappa shape index (κ1) is 10.2. The third kappa shape index (κ3) is 2.84. The number of nitrogens with one attached hydrogen (secondary N) is 1. The van der Waals surface area contributed by atoms with E-state index in [0.29, 0.717) is 16.6 Å². The summed E-state index contributed by atoms with van der Waals surface area (Å²) in [7, 11) is 0. The predicted molar refractivity (Wildman–Crippen MR) is 56.8 cm³/mol. The molecule has 1 aromatic rings. The van der Waals surface area contributed by atoms with Gasteiger partial charge in [-0.3, -0.25) is 0 Å². The van der Waals surface area contributed by atoms with Crippen LogP contribution in [-0.4, -0.2) is 0 Å². The molecule has 0 saturated heterocycles. The Hall–Kier alpha value is -0.840. The molecular formula is C10H9Cl2N. The van der Waals surface area contributed by atoms with Gasteiger partial charge in [0.15, 0.2) is 0 Å². The molecule has 0 fully saturated rings. The first-order valence-electron chi connectivity index (χ1n) is 3.83. The highest BCUT2D eigenvalue weighted by Gasteiger charge is 2.02. The maximum absolute atomic E-state index is 5.94. The van der Waals surface area contributed by atoms with Crippen LogP contribution in [0.3, 0.4) is 0 Å². The smallest absolute Gasteiger partial charge is 0.0509 e. The molecule has 1 aromatic carbocycles. The molecule has 1 nitrogen and oxygen atoms in total. The summed E-state index contributed by atoms with van der Waals surface area (Å²) in [5.41, 5.74) is 0.883. The topological polar surface area (TPSA) is 12.0 Å². The Balaban J connectivity index is 2.79. The fourth-order valence-corrected chi connectivity index (χ4v) is 1.45. The van der Waals surface area contributed by atoms with Gasteiger partial charge in [0.1, 0.15) is 0 Å². The minimum Gasteiger partial charge on any atom is -0.341 e. The second-order valence-corrected chi connectivity index (χ2v) is 3.24. The van der Waals surface area contributed by atoms with Crippen molar-refractivity contribution in [3.63, 3.8) is 0 Å². The van der Waals surface area contributed by atoms with Crippen LogP contribution in [0.2, 0.25) is 10.0 Å². The van der Waals surface area contributed by atoms with Gasteiger partial charge in [-0.15, -0.1) is 0 Å². The van der Waals surface area contributed by atoms with Gasteiger partial charge in [-0.25, -0.2) is 0 Å². The van der Waals surface area contributed by atoms with E-state index in [0.717, 1.165) is 5.56 Å². The van der Waals surface area contributed by atoms with E-state index in [9.17, 15) is 0 Å². The van der Waals surface area contributed by atoms with Gasteiger partial charge < -0.3 is 5.32 Å². The van der Waals surface area contributed by atoms with E-state index >= 15 is 0 Å². The van der Waals surface area contributed by atoms with Crippen LogP contribution in [0, 0.1) is 12.0 Å². The van der Waals surface area contributed by atoms with Crippen molar-refractivity contribution in [1.29, 1.82) is 0 Å². The van der Waals surface area contributed by atoms with E-state index < -0.39 is 0 Å². The fourth-order valence-electron chi connectivity index (χ4n) is 0.922. The lowest BCUT2D eigenvalue weighted by Gasteiger charge is -2.04. The Bertz CT molecular complexity index is 329. The molecule has 1 rings (SSSR count). The number of benzene rings is 1. The number of halogens is 2. The van der Waals surface area contributed by atoms with Gasteiger partial charge in [0, 0.05) is 21.7 Å². The van der Waals surface area contributed by atoms with Crippen molar-refractivity contribution >= 4 is 23.2 Å². The zero-order valence-electron chi connectivity index (χ0n) is 7.20.